The van der Waals surface area contributed by atoms with E-state index in [9.17, 15) is 0 Å². The van der Waals surface area contributed by atoms with Crippen molar-refractivity contribution < 1.29 is 4.52 Å². The van der Waals surface area contributed by atoms with E-state index >= 15 is 0 Å². The summed E-state index contributed by atoms with van der Waals surface area (Å²) in [6, 6.07) is 9.92. The van der Waals surface area contributed by atoms with Gasteiger partial charge in [0.05, 0.1) is 17.3 Å². The number of nitrogens with one attached hydrogen (secondary N) is 2. The molecule has 0 fully saturated rings. The Labute approximate surface area is 115 Å². The number of hydrogen-bond acceptors (Lipinski definition) is 3. The monoisotopic (exact) mass is 275 g/mol. The Hall–Kier alpha value is -1.78. The van der Waals surface area contributed by atoms with E-state index < -0.39 is 0 Å². The van der Waals surface area contributed by atoms with Crippen LogP contribution in [0.2, 0.25) is 5.02 Å². The van der Waals surface area contributed by atoms with Crippen LogP contribution in [-0.4, -0.2) is 10.1 Å². The highest BCUT2D eigenvalue weighted by atomic mass is 35.5. The lowest BCUT2D eigenvalue weighted by molar-refractivity contribution is 0.369. The summed E-state index contributed by atoms with van der Waals surface area (Å²) in [6.07, 6.45) is 0. The molecule has 3 aromatic rings. The van der Waals surface area contributed by atoms with E-state index in [1.807, 2.05) is 37.3 Å². The van der Waals surface area contributed by atoms with E-state index in [4.69, 9.17) is 16.1 Å². The first-order valence-corrected chi connectivity index (χ1v) is 6.50. The van der Waals surface area contributed by atoms with Crippen LogP contribution in [0.1, 0.15) is 17.1 Å². The first kappa shape index (κ1) is 12.3. The summed E-state index contributed by atoms with van der Waals surface area (Å²) in [4.78, 5) is 3.31. The standard InChI is InChI=1S/C14H14ClN3O/c1-9-6-10(19-18-9)7-16-8-13-14(15)11-4-2-3-5-12(11)17-13/h2-6,16-17H,7-8H2,1H3. The molecule has 0 unspecified atom stereocenters. The van der Waals surface area contributed by atoms with Crippen molar-refractivity contribution in [3.05, 3.63) is 52.5 Å². The zero-order valence-electron chi connectivity index (χ0n) is 10.5. The number of nitrogens with zero attached hydrogens (tertiary/aromatic N) is 1. The number of halogens is 1. The molecule has 0 amide bonds. The van der Waals surface area contributed by atoms with E-state index in [-0.39, 0.29) is 0 Å². The summed E-state index contributed by atoms with van der Waals surface area (Å²) in [5.41, 5.74) is 2.93. The fraction of sp³-hybridized carbons (Fsp3) is 0.214. The molecule has 98 valence electrons. The highest BCUT2D eigenvalue weighted by molar-refractivity contribution is 6.36. The van der Waals surface area contributed by atoms with Gasteiger partial charge in [0, 0.05) is 29.2 Å². The number of fused-ring (bicyclic) bond motifs is 1. The van der Waals surface area contributed by atoms with Crippen molar-refractivity contribution in [3.63, 3.8) is 0 Å². The van der Waals surface area contributed by atoms with Crippen molar-refractivity contribution in [1.29, 1.82) is 0 Å². The predicted molar refractivity (Wildman–Crippen MR) is 75.1 cm³/mol. The molecule has 3 rings (SSSR count). The molecule has 0 bridgehead atoms. The Bertz CT molecular complexity index is 702. The fourth-order valence-corrected chi connectivity index (χ4v) is 2.37. The molecule has 0 saturated heterocycles. The summed E-state index contributed by atoms with van der Waals surface area (Å²) in [6.45, 7) is 3.20. The number of aryl methyl sites for hydroxylation is 1. The lowest BCUT2D eigenvalue weighted by atomic mass is 10.2. The van der Waals surface area contributed by atoms with Gasteiger partial charge in [0.25, 0.3) is 0 Å². The van der Waals surface area contributed by atoms with E-state index in [1.54, 1.807) is 0 Å². The van der Waals surface area contributed by atoms with Crippen molar-refractivity contribution in [1.82, 2.24) is 15.5 Å². The Morgan fingerprint density at radius 3 is 2.89 bits per heavy atom. The van der Waals surface area contributed by atoms with E-state index in [0.29, 0.717) is 13.1 Å². The lowest BCUT2D eigenvalue weighted by Gasteiger charge is -2.00. The Balaban J connectivity index is 1.70. The molecule has 0 aliphatic rings. The highest BCUT2D eigenvalue weighted by Gasteiger charge is 2.08. The van der Waals surface area contributed by atoms with Gasteiger partial charge in [0.2, 0.25) is 0 Å². The minimum absolute atomic E-state index is 0.631. The Morgan fingerprint density at radius 2 is 2.16 bits per heavy atom. The van der Waals surface area contributed by atoms with Crippen molar-refractivity contribution >= 4 is 22.5 Å². The number of aromatic amines is 1. The van der Waals surface area contributed by atoms with Gasteiger partial charge in [-0.25, -0.2) is 0 Å². The number of aromatic nitrogens is 2. The summed E-state index contributed by atoms with van der Waals surface area (Å²) in [5.74, 6) is 0.824. The fourth-order valence-electron chi connectivity index (χ4n) is 2.10. The molecule has 0 radical (unpaired) electrons. The molecule has 0 spiro atoms. The average Bonchev–Trinajstić information content (AvgIpc) is 2.96. The molecule has 0 saturated carbocycles. The molecule has 2 aromatic heterocycles. The SMILES string of the molecule is Cc1cc(CNCc2[nH]c3ccccc3c2Cl)on1. The van der Waals surface area contributed by atoms with Crippen molar-refractivity contribution in [2.45, 2.75) is 20.0 Å². The maximum atomic E-state index is 6.34. The molecule has 2 N–H and O–H groups in total. The largest absolute Gasteiger partial charge is 0.360 e. The van der Waals surface area contributed by atoms with Gasteiger partial charge in [0.15, 0.2) is 5.76 Å². The smallest absolute Gasteiger partial charge is 0.150 e. The number of H-pyrrole nitrogens is 1. The van der Waals surface area contributed by atoms with Crippen LogP contribution in [0.5, 0.6) is 0 Å². The zero-order chi connectivity index (χ0) is 13.2. The number of benzene rings is 1. The van der Waals surface area contributed by atoms with Gasteiger partial charge in [-0.15, -0.1) is 0 Å². The second-order valence-corrected chi connectivity index (χ2v) is 4.88. The highest BCUT2D eigenvalue weighted by Crippen LogP contribution is 2.26. The lowest BCUT2D eigenvalue weighted by Crippen LogP contribution is -2.12. The van der Waals surface area contributed by atoms with Gasteiger partial charge < -0.3 is 14.8 Å². The van der Waals surface area contributed by atoms with Crippen LogP contribution in [-0.2, 0) is 13.1 Å². The van der Waals surface area contributed by atoms with Gasteiger partial charge in [-0.1, -0.05) is 35.0 Å². The first-order valence-electron chi connectivity index (χ1n) is 6.12. The van der Waals surface area contributed by atoms with Gasteiger partial charge in [0.1, 0.15) is 0 Å². The van der Waals surface area contributed by atoms with Crippen LogP contribution in [0.3, 0.4) is 0 Å². The third-order valence-electron chi connectivity index (χ3n) is 2.99. The van der Waals surface area contributed by atoms with Gasteiger partial charge >= 0.3 is 0 Å². The van der Waals surface area contributed by atoms with Crippen LogP contribution in [0, 0.1) is 6.92 Å². The molecule has 5 heteroatoms. The average molecular weight is 276 g/mol. The van der Waals surface area contributed by atoms with Gasteiger partial charge in [-0.05, 0) is 13.0 Å². The maximum absolute atomic E-state index is 6.34. The molecule has 0 atom stereocenters. The van der Waals surface area contributed by atoms with Crippen LogP contribution in [0.15, 0.2) is 34.9 Å². The summed E-state index contributed by atoms with van der Waals surface area (Å²) >= 11 is 6.34. The minimum Gasteiger partial charge on any atom is -0.360 e. The first-order chi connectivity index (χ1) is 9.24. The molecule has 19 heavy (non-hydrogen) atoms. The van der Waals surface area contributed by atoms with Crippen molar-refractivity contribution in [3.8, 4) is 0 Å². The number of para-hydroxylation sites is 1. The molecule has 2 heterocycles. The molecule has 1 aromatic carbocycles. The summed E-state index contributed by atoms with van der Waals surface area (Å²) in [5, 5.41) is 8.96. The number of rotatable bonds is 4. The van der Waals surface area contributed by atoms with Crippen LogP contribution < -0.4 is 5.32 Å². The quantitative estimate of drug-likeness (QED) is 0.767. The Kier molecular flexibility index (Phi) is 3.27. The second-order valence-electron chi connectivity index (χ2n) is 4.50. The van der Waals surface area contributed by atoms with Crippen LogP contribution >= 0.6 is 11.6 Å². The van der Waals surface area contributed by atoms with Crippen LogP contribution in [0.4, 0.5) is 0 Å². The van der Waals surface area contributed by atoms with E-state index in [0.717, 1.165) is 33.1 Å². The van der Waals surface area contributed by atoms with E-state index in [1.165, 1.54) is 0 Å². The molecular formula is C14H14ClN3O. The normalized spacial score (nSPS) is 11.3. The maximum Gasteiger partial charge on any atom is 0.150 e. The summed E-state index contributed by atoms with van der Waals surface area (Å²) in [7, 11) is 0. The Morgan fingerprint density at radius 1 is 1.32 bits per heavy atom. The second kappa shape index (κ2) is 5.07. The molecule has 0 aliphatic carbocycles. The third kappa shape index (κ3) is 2.50. The minimum atomic E-state index is 0.631. The topological polar surface area (TPSA) is 53.9 Å². The molecule has 4 nitrogen and oxygen atoms in total. The predicted octanol–water partition coefficient (Wildman–Crippen LogP) is 3.41. The zero-order valence-corrected chi connectivity index (χ0v) is 11.3. The third-order valence-corrected chi connectivity index (χ3v) is 3.42. The van der Waals surface area contributed by atoms with Crippen LogP contribution in [0.25, 0.3) is 10.9 Å². The van der Waals surface area contributed by atoms with Gasteiger partial charge in [-0.3, -0.25) is 0 Å². The van der Waals surface area contributed by atoms with Gasteiger partial charge in [-0.2, -0.15) is 0 Å². The van der Waals surface area contributed by atoms with E-state index in [2.05, 4.69) is 15.5 Å². The summed E-state index contributed by atoms with van der Waals surface area (Å²) < 4.78 is 5.14. The van der Waals surface area contributed by atoms with Crippen molar-refractivity contribution in [2.75, 3.05) is 0 Å². The molecular weight excluding hydrogens is 262 g/mol. The molecule has 0 aliphatic heterocycles. The number of hydrogen-bond donors (Lipinski definition) is 2. The van der Waals surface area contributed by atoms with Crippen molar-refractivity contribution in [2.24, 2.45) is 0 Å².